The van der Waals surface area contributed by atoms with Gasteiger partial charge in [-0.25, -0.2) is 0 Å². The SMILES string of the molecule is CCOC(C)N1CCC(NC)CC1. The molecule has 1 N–H and O–H groups in total. The Bertz CT molecular complexity index is 133. The maximum atomic E-state index is 5.56. The van der Waals surface area contributed by atoms with Crippen molar-refractivity contribution in [2.45, 2.75) is 39.0 Å². The van der Waals surface area contributed by atoms with Crippen LogP contribution in [0.5, 0.6) is 0 Å². The van der Waals surface area contributed by atoms with Crippen molar-refractivity contribution in [3.05, 3.63) is 0 Å². The Labute approximate surface area is 81.4 Å². The first kappa shape index (κ1) is 11.0. The lowest BCUT2D eigenvalue weighted by atomic mass is 10.1. The number of ether oxygens (including phenoxy) is 1. The molecule has 1 heterocycles. The Morgan fingerprint density at radius 2 is 2.08 bits per heavy atom. The minimum absolute atomic E-state index is 0.294. The van der Waals surface area contributed by atoms with E-state index in [0.29, 0.717) is 12.3 Å². The predicted octanol–water partition coefficient (Wildman–Crippen LogP) is 1.05. The fourth-order valence-electron chi connectivity index (χ4n) is 1.90. The van der Waals surface area contributed by atoms with Crippen LogP contribution in [0, 0.1) is 0 Å². The van der Waals surface area contributed by atoms with Crippen molar-refractivity contribution in [2.75, 3.05) is 26.7 Å². The van der Waals surface area contributed by atoms with Gasteiger partial charge < -0.3 is 10.1 Å². The Morgan fingerprint density at radius 1 is 1.46 bits per heavy atom. The van der Waals surface area contributed by atoms with E-state index in [1.54, 1.807) is 0 Å². The zero-order valence-electron chi connectivity index (χ0n) is 9.05. The molecule has 0 aromatic heterocycles. The molecule has 13 heavy (non-hydrogen) atoms. The molecule has 78 valence electrons. The molecule has 0 radical (unpaired) electrons. The second-order valence-electron chi connectivity index (χ2n) is 3.65. The van der Waals surface area contributed by atoms with E-state index in [2.05, 4.69) is 24.1 Å². The van der Waals surface area contributed by atoms with E-state index < -0.39 is 0 Å². The number of nitrogens with one attached hydrogen (secondary N) is 1. The lowest BCUT2D eigenvalue weighted by Gasteiger charge is -2.35. The molecule has 3 heteroatoms. The van der Waals surface area contributed by atoms with Crippen LogP contribution in [0.3, 0.4) is 0 Å². The van der Waals surface area contributed by atoms with Crippen LogP contribution in [0.15, 0.2) is 0 Å². The Morgan fingerprint density at radius 3 is 2.54 bits per heavy atom. The summed E-state index contributed by atoms with van der Waals surface area (Å²) < 4.78 is 5.56. The van der Waals surface area contributed by atoms with Gasteiger partial charge in [0.05, 0.1) is 0 Å². The molecule has 3 nitrogen and oxygen atoms in total. The van der Waals surface area contributed by atoms with E-state index in [1.807, 2.05) is 7.05 Å². The number of hydrogen-bond donors (Lipinski definition) is 1. The van der Waals surface area contributed by atoms with Gasteiger partial charge >= 0.3 is 0 Å². The first-order chi connectivity index (χ1) is 6.27. The van der Waals surface area contributed by atoms with Crippen LogP contribution in [0.4, 0.5) is 0 Å². The van der Waals surface area contributed by atoms with Crippen LogP contribution < -0.4 is 5.32 Å². The van der Waals surface area contributed by atoms with Crippen molar-refractivity contribution in [3.8, 4) is 0 Å². The van der Waals surface area contributed by atoms with Gasteiger partial charge in [-0.2, -0.15) is 0 Å². The highest BCUT2D eigenvalue weighted by Gasteiger charge is 2.21. The summed E-state index contributed by atoms with van der Waals surface area (Å²) in [6.07, 6.45) is 2.78. The topological polar surface area (TPSA) is 24.5 Å². The highest BCUT2D eigenvalue weighted by molar-refractivity contribution is 4.76. The summed E-state index contributed by atoms with van der Waals surface area (Å²) in [4.78, 5) is 2.41. The lowest BCUT2D eigenvalue weighted by molar-refractivity contribution is -0.0525. The Hall–Kier alpha value is -0.120. The van der Waals surface area contributed by atoms with Gasteiger partial charge in [0.1, 0.15) is 6.23 Å². The fraction of sp³-hybridized carbons (Fsp3) is 1.00. The number of likely N-dealkylation sites (tertiary alicyclic amines) is 1. The third-order valence-electron chi connectivity index (χ3n) is 2.86. The zero-order chi connectivity index (χ0) is 9.68. The number of nitrogens with zero attached hydrogens (tertiary/aromatic N) is 1. The van der Waals surface area contributed by atoms with Crippen molar-refractivity contribution in [3.63, 3.8) is 0 Å². The molecule has 0 aliphatic carbocycles. The van der Waals surface area contributed by atoms with Gasteiger partial charge in [-0.15, -0.1) is 0 Å². The molecule has 1 atom stereocenters. The standard InChI is InChI=1S/C10H22N2O/c1-4-13-9(2)12-7-5-10(11-3)6-8-12/h9-11H,4-8H2,1-3H3. The molecule has 0 saturated carbocycles. The second kappa shape index (κ2) is 5.58. The van der Waals surface area contributed by atoms with E-state index in [1.165, 1.54) is 12.8 Å². The van der Waals surface area contributed by atoms with Crippen molar-refractivity contribution in [1.82, 2.24) is 10.2 Å². The highest BCUT2D eigenvalue weighted by atomic mass is 16.5. The van der Waals surface area contributed by atoms with Gasteiger partial charge in [0.25, 0.3) is 0 Å². The summed E-state index contributed by atoms with van der Waals surface area (Å²) in [6.45, 7) is 7.33. The normalized spacial score (nSPS) is 23.3. The monoisotopic (exact) mass is 186 g/mol. The fourth-order valence-corrected chi connectivity index (χ4v) is 1.90. The van der Waals surface area contributed by atoms with Gasteiger partial charge in [-0.1, -0.05) is 0 Å². The molecule has 0 aromatic rings. The van der Waals surface area contributed by atoms with Crippen LogP contribution in [-0.2, 0) is 4.74 Å². The highest BCUT2D eigenvalue weighted by Crippen LogP contribution is 2.13. The summed E-state index contributed by atoms with van der Waals surface area (Å²) in [7, 11) is 2.05. The van der Waals surface area contributed by atoms with Gasteiger partial charge in [0, 0.05) is 25.7 Å². The summed E-state index contributed by atoms with van der Waals surface area (Å²) in [5.41, 5.74) is 0. The maximum absolute atomic E-state index is 5.56. The van der Waals surface area contributed by atoms with Crippen molar-refractivity contribution in [2.24, 2.45) is 0 Å². The van der Waals surface area contributed by atoms with Gasteiger partial charge in [-0.05, 0) is 33.7 Å². The smallest absolute Gasteiger partial charge is 0.107 e. The quantitative estimate of drug-likeness (QED) is 0.710. The number of piperidine rings is 1. The molecule has 0 spiro atoms. The van der Waals surface area contributed by atoms with Crippen LogP contribution >= 0.6 is 0 Å². The summed E-state index contributed by atoms with van der Waals surface area (Å²) in [5, 5.41) is 3.33. The number of hydrogen-bond acceptors (Lipinski definition) is 3. The van der Waals surface area contributed by atoms with E-state index in [4.69, 9.17) is 4.74 Å². The van der Waals surface area contributed by atoms with Crippen LogP contribution in [0.25, 0.3) is 0 Å². The molecular weight excluding hydrogens is 164 g/mol. The van der Waals surface area contributed by atoms with E-state index >= 15 is 0 Å². The average Bonchev–Trinajstić information content (AvgIpc) is 2.18. The van der Waals surface area contributed by atoms with E-state index in [9.17, 15) is 0 Å². The third-order valence-corrected chi connectivity index (χ3v) is 2.86. The molecule has 0 bridgehead atoms. The molecule has 1 saturated heterocycles. The molecule has 1 aliphatic rings. The molecule has 1 aliphatic heterocycles. The third kappa shape index (κ3) is 3.25. The lowest BCUT2D eigenvalue weighted by Crippen LogP contribution is -2.45. The van der Waals surface area contributed by atoms with Crippen molar-refractivity contribution in [1.29, 1.82) is 0 Å². The Kier molecular flexibility index (Phi) is 4.70. The zero-order valence-corrected chi connectivity index (χ0v) is 9.05. The first-order valence-corrected chi connectivity index (χ1v) is 5.30. The molecule has 0 amide bonds. The van der Waals surface area contributed by atoms with E-state index in [0.717, 1.165) is 19.7 Å². The average molecular weight is 186 g/mol. The molecule has 1 rings (SSSR count). The summed E-state index contributed by atoms with van der Waals surface area (Å²) in [6, 6.07) is 0.713. The molecule has 0 aromatic carbocycles. The minimum atomic E-state index is 0.294. The van der Waals surface area contributed by atoms with Crippen LogP contribution in [0.1, 0.15) is 26.7 Å². The Balaban J connectivity index is 2.23. The van der Waals surface area contributed by atoms with E-state index in [-0.39, 0.29) is 0 Å². The number of rotatable bonds is 4. The maximum Gasteiger partial charge on any atom is 0.107 e. The first-order valence-electron chi connectivity index (χ1n) is 5.30. The molecule has 1 unspecified atom stereocenters. The van der Waals surface area contributed by atoms with Gasteiger partial charge in [-0.3, -0.25) is 4.90 Å². The van der Waals surface area contributed by atoms with Gasteiger partial charge in [0.2, 0.25) is 0 Å². The second-order valence-corrected chi connectivity index (χ2v) is 3.65. The van der Waals surface area contributed by atoms with Crippen molar-refractivity contribution >= 4 is 0 Å². The minimum Gasteiger partial charge on any atom is -0.364 e. The summed E-state index contributed by atoms with van der Waals surface area (Å²) in [5.74, 6) is 0. The summed E-state index contributed by atoms with van der Waals surface area (Å²) >= 11 is 0. The largest absolute Gasteiger partial charge is 0.364 e. The van der Waals surface area contributed by atoms with Gasteiger partial charge in [0.15, 0.2) is 0 Å². The predicted molar refractivity (Wildman–Crippen MR) is 54.7 cm³/mol. The van der Waals surface area contributed by atoms with Crippen LogP contribution in [-0.4, -0.2) is 43.9 Å². The van der Waals surface area contributed by atoms with Crippen molar-refractivity contribution < 1.29 is 4.74 Å². The van der Waals surface area contributed by atoms with Crippen LogP contribution in [0.2, 0.25) is 0 Å². The molecular formula is C10H22N2O. The molecule has 1 fully saturated rings.